The van der Waals surface area contributed by atoms with Gasteiger partial charge in [0.05, 0.1) is 30.1 Å². The number of thiophene rings is 1. The predicted octanol–water partition coefficient (Wildman–Crippen LogP) is 3.15. The molecule has 0 aliphatic heterocycles. The molecule has 0 saturated heterocycles. The molecule has 4 heteroatoms. The average Bonchev–Trinajstić information content (AvgIpc) is 2.95. The van der Waals surface area contributed by atoms with E-state index in [2.05, 4.69) is 28.7 Å². The van der Waals surface area contributed by atoms with Crippen LogP contribution in [0.1, 0.15) is 5.56 Å². The van der Waals surface area contributed by atoms with E-state index in [-0.39, 0.29) is 0 Å². The molecule has 0 saturated carbocycles. The van der Waals surface area contributed by atoms with Crippen molar-refractivity contribution in [3.63, 3.8) is 0 Å². The molecule has 1 aromatic carbocycles. The molecular formula is C13H12N2OS. The van der Waals surface area contributed by atoms with Crippen LogP contribution >= 0.6 is 11.3 Å². The molecule has 0 atom stereocenters. The van der Waals surface area contributed by atoms with Crippen molar-refractivity contribution >= 4 is 21.6 Å². The van der Waals surface area contributed by atoms with Crippen molar-refractivity contribution in [1.82, 2.24) is 9.78 Å². The number of nitrogens with zero attached hydrogens (tertiary/aromatic N) is 2. The van der Waals surface area contributed by atoms with Crippen molar-refractivity contribution < 1.29 is 4.74 Å². The first-order valence-corrected chi connectivity index (χ1v) is 6.27. The van der Waals surface area contributed by atoms with Gasteiger partial charge >= 0.3 is 0 Å². The highest BCUT2D eigenvalue weighted by Gasteiger charge is 2.04. The van der Waals surface area contributed by atoms with Crippen molar-refractivity contribution in [3.05, 3.63) is 47.5 Å². The third-order valence-corrected chi connectivity index (χ3v) is 3.60. The summed E-state index contributed by atoms with van der Waals surface area (Å²) in [7, 11) is 1.68. The van der Waals surface area contributed by atoms with Crippen LogP contribution in [0.3, 0.4) is 0 Å². The van der Waals surface area contributed by atoms with Crippen molar-refractivity contribution in [2.24, 2.45) is 0 Å². The molecule has 0 aliphatic carbocycles. The number of fused-ring (bicyclic) bond motifs is 1. The summed E-state index contributed by atoms with van der Waals surface area (Å²) in [5.74, 6) is 0.884. The SMILES string of the molecule is COc1ccc(Cn2ncc3sccc32)cc1. The van der Waals surface area contributed by atoms with Gasteiger partial charge in [-0.2, -0.15) is 5.10 Å². The van der Waals surface area contributed by atoms with Gasteiger partial charge in [0.15, 0.2) is 0 Å². The Labute approximate surface area is 103 Å². The van der Waals surface area contributed by atoms with E-state index in [1.54, 1.807) is 18.4 Å². The monoisotopic (exact) mass is 244 g/mol. The van der Waals surface area contributed by atoms with E-state index in [9.17, 15) is 0 Å². The third kappa shape index (κ3) is 1.91. The van der Waals surface area contributed by atoms with Crippen LogP contribution < -0.4 is 4.74 Å². The topological polar surface area (TPSA) is 27.1 Å². The first-order chi connectivity index (χ1) is 8.36. The van der Waals surface area contributed by atoms with E-state index in [1.807, 2.05) is 23.0 Å². The van der Waals surface area contributed by atoms with E-state index in [4.69, 9.17) is 4.74 Å². The number of ether oxygens (including phenoxy) is 1. The minimum atomic E-state index is 0.796. The summed E-state index contributed by atoms with van der Waals surface area (Å²) < 4.78 is 8.40. The number of hydrogen-bond donors (Lipinski definition) is 0. The molecule has 2 heterocycles. The van der Waals surface area contributed by atoms with Crippen LogP contribution in [0.25, 0.3) is 10.2 Å². The highest BCUT2D eigenvalue weighted by atomic mass is 32.1. The van der Waals surface area contributed by atoms with Gasteiger partial charge in [0, 0.05) is 0 Å². The molecule has 0 aliphatic rings. The van der Waals surface area contributed by atoms with Gasteiger partial charge in [0.2, 0.25) is 0 Å². The van der Waals surface area contributed by atoms with E-state index in [1.165, 1.54) is 15.8 Å². The van der Waals surface area contributed by atoms with Crippen LogP contribution in [0.2, 0.25) is 0 Å². The smallest absolute Gasteiger partial charge is 0.118 e. The maximum absolute atomic E-state index is 5.14. The Morgan fingerprint density at radius 3 is 2.82 bits per heavy atom. The summed E-state index contributed by atoms with van der Waals surface area (Å²) in [6.07, 6.45) is 1.92. The number of hydrogen-bond acceptors (Lipinski definition) is 3. The van der Waals surface area contributed by atoms with Gasteiger partial charge in [0.1, 0.15) is 5.75 Å². The summed E-state index contributed by atoms with van der Waals surface area (Å²) in [6, 6.07) is 10.2. The molecule has 17 heavy (non-hydrogen) atoms. The summed E-state index contributed by atoms with van der Waals surface area (Å²) >= 11 is 1.72. The number of methoxy groups -OCH3 is 1. The standard InChI is InChI=1S/C13H12N2OS/c1-16-11-4-2-10(3-5-11)9-15-12-6-7-17-13(12)8-14-15/h2-8H,9H2,1H3. The first-order valence-electron chi connectivity index (χ1n) is 5.39. The van der Waals surface area contributed by atoms with Gasteiger partial charge in [0.25, 0.3) is 0 Å². The Hall–Kier alpha value is -1.81. The first kappa shape index (κ1) is 10.4. The van der Waals surface area contributed by atoms with Crippen molar-refractivity contribution in [2.75, 3.05) is 7.11 Å². The summed E-state index contributed by atoms with van der Waals surface area (Å²) in [6.45, 7) is 0.796. The Morgan fingerprint density at radius 2 is 2.06 bits per heavy atom. The molecular weight excluding hydrogens is 232 g/mol. The van der Waals surface area contributed by atoms with Gasteiger partial charge in [-0.05, 0) is 29.1 Å². The van der Waals surface area contributed by atoms with Crippen molar-refractivity contribution in [3.8, 4) is 5.75 Å². The summed E-state index contributed by atoms with van der Waals surface area (Å²) in [5, 5.41) is 6.48. The van der Waals surface area contributed by atoms with E-state index >= 15 is 0 Å². The lowest BCUT2D eigenvalue weighted by molar-refractivity contribution is 0.414. The maximum Gasteiger partial charge on any atom is 0.118 e. The van der Waals surface area contributed by atoms with Crippen molar-refractivity contribution in [2.45, 2.75) is 6.54 Å². The minimum absolute atomic E-state index is 0.796. The Kier molecular flexibility index (Phi) is 2.57. The van der Waals surface area contributed by atoms with Crippen LogP contribution in [0.4, 0.5) is 0 Å². The molecule has 0 spiro atoms. The molecule has 3 rings (SSSR count). The predicted molar refractivity (Wildman–Crippen MR) is 69.7 cm³/mol. The minimum Gasteiger partial charge on any atom is -0.497 e. The average molecular weight is 244 g/mol. The third-order valence-electron chi connectivity index (χ3n) is 2.76. The molecule has 86 valence electrons. The maximum atomic E-state index is 5.14. The lowest BCUT2D eigenvalue weighted by atomic mass is 10.2. The second kappa shape index (κ2) is 4.22. The number of aromatic nitrogens is 2. The second-order valence-corrected chi connectivity index (χ2v) is 4.77. The Balaban J connectivity index is 1.89. The number of benzene rings is 1. The van der Waals surface area contributed by atoms with Gasteiger partial charge in [-0.3, -0.25) is 4.68 Å². The zero-order valence-electron chi connectivity index (χ0n) is 9.46. The van der Waals surface area contributed by atoms with Gasteiger partial charge in [-0.15, -0.1) is 11.3 Å². The van der Waals surface area contributed by atoms with E-state index in [0.29, 0.717) is 0 Å². The van der Waals surface area contributed by atoms with Crippen LogP contribution in [0, 0.1) is 0 Å². The second-order valence-electron chi connectivity index (χ2n) is 3.82. The zero-order valence-corrected chi connectivity index (χ0v) is 10.3. The van der Waals surface area contributed by atoms with Crippen molar-refractivity contribution in [1.29, 1.82) is 0 Å². The van der Waals surface area contributed by atoms with Gasteiger partial charge in [-0.25, -0.2) is 0 Å². The number of rotatable bonds is 3. The van der Waals surface area contributed by atoms with E-state index < -0.39 is 0 Å². The fourth-order valence-electron chi connectivity index (χ4n) is 1.84. The largest absolute Gasteiger partial charge is 0.497 e. The molecule has 0 unspecified atom stereocenters. The molecule has 0 bridgehead atoms. The molecule has 0 fully saturated rings. The zero-order chi connectivity index (χ0) is 11.7. The van der Waals surface area contributed by atoms with Crippen LogP contribution in [0.5, 0.6) is 5.75 Å². The highest BCUT2D eigenvalue weighted by Crippen LogP contribution is 2.21. The van der Waals surface area contributed by atoms with E-state index in [0.717, 1.165) is 12.3 Å². The van der Waals surface area contributed by atoms with Crippen LogP contribution in [-0.2, 0) is 6.54 Å². The van der Waals surface area contributed by atoms with Crippen LogP contribution in [0.15, 0.2) is 41.9 Å². The summed E-state index contributed by atoms with van der Waals surface area (Å²) in [4.78, 5) is 0. The molecule has 0 radical (unpaired) electrons. The molecule has 0 amide bonds. The van der Waals surface area contributed by atoms with Gasteiger partial charge in [-0.1, -0.05) is 12.1 Å². The molecule has 3 nitrogen and oxygen atoms in total. The Bertz CT molecular complexity index is 624. The molecule has 0 N–H and O–H groups in total. The fraction of sp³-hybridized carbons (Fsp3) is 0.154. The Morgan fingerprint density at radius 1 is 1.24 bits per heavy atom. The lowest BCUT2D eigenvalue weighted by Gasteiger charge is -2.04. The normalized spacial score (nSPS) is 10.9. The van der Waals surface area contributed by atoms with Gasteiger partial charge < -0.3 is 4.74 Å². The summed E-state index contributed by atoms with van der Waals surface area (Å²) in [5.41, 5.74) is 2.42. The molecule has 3 aromatic rings. The fourth-order valence-corrected chi connectivity index (χ4v) is 2.58. The quantitative estimate of drug-likeness (QED) is 0.707. The highest BCUT2D eigenvalue weighted by molar-refractivity contribution is 7.17. The lowest BCUT2D eigenvalue weighted by Crippen LogP contribution is -2.00. The molecule has 2 aromatic heterocycles. The van der Waals surface area contributed by atoms with Crippen LogP contribution in [-0.4, -0.2) is 16.9 Å².